The molecule has 0 saturated carbocycles. The van der Waals surface area contributed by atoms with Gasteiger partial charge in [-0.25, -0.2) is 0 Å². The SMILES string of the molecule is Cl.O=C(O)CCC(=O)c1ccncc1. The Kier molecular flexibility index (Phi) is 5.48. The molecule has 0 saturated heterocycles. The molecular formula is C9H10ClNO3. The number of carboxylic acid groups (broad SMARTS) is 1. The van der Waals surface area contributed by atoms with E-state index in [2.05, 4.69) is 4.98 Å². The van der Waals surface area contributed by atoms with E-state index in [1.165, 1.54) is 12.4 Å². The lowest BCUT2D eigenvalue weighted by Crippen LogP contribution is -2.03. The largest absolute Gasteiger partial charge is 0.481 e. The summed E-state index contributed by atoms with van der Waals surface area (Å²) in [6.45, 7) is 0. The van der Waals surface area contributed by atoms with E-state index in [-0.39, 0.29) is 31.0 Å². The highest BCUT2D eigenvalue weighted by Gasteiger charge is 2.07. The van der Waals surface area contributed by atoms with Crippen LogP contribution in [-0.2, 0) is 4.79 Å². The lowest BCUT2D eigenvalue weighted by atomic mass is 10.1. The maximum Gasteiger partial charge on any atom is 0.303 e. The van der Waals surface area contributed by atoms with Gasteiger partial charge in [0.25, 0.3) is 0 Å². The lowest BCUT2D eigenvalue weighted by molar-refractivity contribution is -0.136. The molecule has 0 aromatic carbocycles. The highest BCUT2D eigenvalue weighted by atomic mass is 35.5. The number of halogens is 1. The molecule has 0 aliphatic rings. The number of rotatable bonds is 4. The van der Waals surface area contributed by atoms with Gasteiger partial charge in [-0.05, 0) is 12.1 Å². The number of nitrogens with zero attached hydrogens (tertiary/aromatic N) is 1. The molecule has 1 heterocycles. The fourth-order valence-corrected chi connectivity index (χ4v) is 0.903. The van der Waals surface area contributed by atoms with Crippen molar-refractivity contribution < 1.29 is 14.7 Å². The Labute approximate surface area is 87.4 Å². The second kappa shape index (κ2) is 6.10. The summed E-state index contributed by atoms with van der Waals surface area (Å²) in [5, 5.41) is 8.34. The molecule has 0 unspecified atom stereocenters. The summed E-state index contributed by atoms with van der Waals surface area (Å²) in [5.41, 5.74) is 0.510. The third-order valence-corrected chi connectivity index (χ3v) is 1.57. The highest BCUT2D eigenvalue weighted by molar-refractivity contribution is 5.97. The molecule has 0 atom stereocenters. The minimum Gasteiger partial charge on any atom is -0.481 e. The predicted molar refractivity (Wildman–Crippen MR) is 52.7 cm³/mol. The first-order valence-corrected chi connectivity index (χ1v) is 3.85. The second-order valence-corrected chi connectivity index (χ2v) is 2.55. The number of carbonyl (C=O) groups excluding carboxylic acids is 1. The van der Waals surface area contributed by atoms with Crippen LogP contribution in [0.15, 0.2) is 24.5 Å². The Hall–Kier alpha value is -1.42. The molecule has 0 fully saturated rings. The fourth-order valence-electron chi connectivity index (χ4n) is 0.903. The van der Waals surface area contributed by atoms with Crippen LogP contribution in [0.25, 0.3) is 0 Å². The number of Topliss-reactive ketones (excluding diaryl/α,β-unsaturated/α-hetero) is 1. The zero-order valence-corrected chi connectivity index (χ0v) is 8.16. The molecular weight excluding hydrogens is 206 g/mol. The molecule has 1 aromatic rings. The van der Waals surface area contributed by atoms with Gasteiger partial charge >= 0.3 is 5.97 Å². The third kappa shape index (κ3) is 4.00. The Bertz CT molecular complexity index is 313. The molecule has 14 heavy (non-hydrogen) atoms. The number of aromatic nitrogens is 1. The quantitative estimate of drug-likeness (QED) is 0.774. The molecule has 1 N–H and O–H groups in total. The first-order valence-electron chi connectivity index (χ1n) is 3.85. The lowest BCUT2D eigenvalue weighted by Gasteiger charge is -1.96. The summed E-state index contributed by atoms with van der Waals surface area (Å²) in [7, 11) is 0. The number of aliphatic carboxylic acids is 1. The number of pyridine rings is 1. The minimum atomic E-state index is -0.956. The summed E-state index contributed by atoms with van der Waals surface area (Å²) in [4.78, 5) is 25.2. The Balaban J connectivity index is 0.00000169. The van der Waals surface area contributed by atoms with E-state index in [1.807, 2.05) is 0 Å². The molecule has 5 heteroatoms. The van der Waals surface area contributed by atoms with Crippen molar-refractivity contribution in [3.8, 4) is 0 Å². The van der Waals surface area contributed by atoms with Gasteiger partial charge in [0.15, 0.2) is 5.78 Å². The van der Waals surface area contributed by atoms with Gasteiger partial charge in [0.2, 0.25) is 0 Å². The number of hydrogen-bond donors (Lipinski definition) is 1. The summed E-state index contributed by atoms with van der Waals surface area (Å²) in [6, 6.07) is 3.15. The molecule has 0 bridgehead atoms. The summed E-state index contributed by atoms with van der Waals surface area (Å²) in [6.07, 6.45) is 2.93. The smallest absolute Gasteiger partial charge is 0.303 e. The molecule has 1 rings (SSSR count). The zero-order valence-electron chi connectivity index (χ0n) is 7.34. The monoisotopic (exact) mass is 215 g/mol. The Morgan fingerprint density at radius 3 is 2.29 bits per heavy atom. The standard InChI is InChI=1S/C9H9NO3.ClH/c11-8(1-2-9(12)13)7-3-5-10-6-4-7;/h3-6H,1-2H2,(H,12,13);1H. The van der Waals surface area contributed by atoms with Crippen LogP contribution in [0.2, 0.25) is 0 Å². The van der Waals surface area contributed by atoms with Crippen molar-refractivity contribution in [3.63, 3.8) is 0 Å². The molecule has 0 radical (unpaired) electrons. The van der Waals surface area contributed by atoms with Crippen LogP contribution in [0, 0.1) is 0 Å². The summed E-state index contributed by atoms with van der Waals surface area (Å²) in [5.74, 6) is -1.12. The van der Waals surface area contributed by atoms with Crippen molar-refractivity contribution in [2.75, 3.05) is 0 Å². The molecule has 0 spiro atoms. The van der Waals surface area contributed by atoms with Gasteiger partial charge in [-0.1, -0.05) is 0 Å². The summed E-state index contributed by atoms with van der Waals surface area (Å²) >= 11 is 0. The van der Waals surface area contributed by atoms with Crippen molar-refractivity contribution in [2.24, 2.45) is 0 Å². The van der Waals surface area contributed by atoms with Crippen molar-refractivity contribution in [1.82, 2.24) is 4.98 Å². The van der Waals surface area contributed by atoms with Gasteiger partial charge < -0.3 is 5.11 Å². The molecule has 0 amide bonds. The van der Waals surface area contributed by atoms with Crippen LogP contribution in [-0.4, -0.2) is 21.8 Å². The van der Waals surface area contributed by atoms with Gasteiger partial charge in [0, 0.05) is 24.4 Å². The topological polar surface area (TPSA) is 67.3 Å². The van der Waals surface area contributed by atoms with E-state index in [0.29, 0.717) is 5.56 Å². The second-order valence-electron chi connectivity index (χ2n) is 2.55. The zero-order chi connectivity index (χ0) is 9.68. The molecule has 1 aromatic heterocycles. The average molecular weight is 216 g/mol. The third-order valence-electron chi connectivity index (χ3n) is 1.57. The van der Waals surface area contributed by atoms with E-state index < -0.39 is 5.97 Å². The maximum absolute atomic E-state index is 11.3. The van der Waals surface area contributed by atoms with E-state index >= 15 is 0 Å². The Morgan fingerprint density at radius 2 is 1.79 bits per heavy atom. The van der Waals surface area contributed by atoms with Gasteiger partial charge in [-0.3, -0.25) is 14.6 Å². The number of ketones is 1. The van der Waals surface area contributed by atoms with Crippen LogP contribution in [0.4, 0.5) is 0 Å². The van der Waals surface area contributed by atoms with Crippen molar-refractivity contribution in [2.45, 2.75) is 12.8 Å². The van der Waals surface area contributed by atoms with Crippen LogP contribution in [0.1, 0.15) is 23.2 Å². The predicted octanol–water partition coefficient (Wildman–Crippen LogP) is 1.55. The number of carboxylic acids is 1. The molecule has 76 valence electrons. The molecule has 4 nitrogen and oxygen atoms in total. The fraction of sp³-hybridized carbons (Fsp3) is 0.222. The van der Waals surface area contributed by atoms with E-state index in [1.54, 1.807) is 12.1 Å². The first kappa shape index (κ1) is 12.6. The maximum atomic E-state index is 11.3. The van der Waals surface area contributed by atoms with E-state index in [9.17, 15) is 9.59 Å². The van der Waals surface area contributed by atoms with Crippen molar-refractivity contribution in [3.05, 3.63) is 30.1 Å². The first-order chi connectivity index (χ1) is 6.20. The Morgan fingerprint density at radius 1 is 1.21 bits per heavy atom. The van der Waals surface area contributed by atoms with Crippen molar-refractivity contribution >= 4 is 24.2 Å². The van der Waals surface area contributed by atoms with Crippen LogP contribution >= 0.6 is 12.4 Å². The molecule has 0 aliphatic carbocycles. The number of carbonyl (C=O) groups is 2. The van der Waals surface area contributed by atoms with Crippen molar-refractivity contribution in [1.29, 1.82) is 0 Å². The van der Waals surface area contributed by atoms with Gasteiger partial charge in [-0.15, -0.1) is 12.4 Å². The van der Waals surface area contributed by atoms with Gasteiger partial charge in [0.05, 0.1) is 6.42 Å². The van der Waals surface area contributed by atoms with E-state index in [4.69, 9.17) is 5.11 Å². The van der Waals surface area contributed by atoms with Gasteiger partial charge in [-0.2, -0.15) is 0 Å². The van der Waals surface area contributed by atoms with Crippen LogP contribution in [0.5, 0.6) is 0 Å². The minimum absolute atomic E-state index is 0. The summed E-state index contributed by atoms with van der Waals surface area (Å²) < 4.78 is 0. The average Bonchev–Trinajstić information content (AvgIpc) is 2.15. The van der Waals surface area contributed by atoms with Crippen LogP contribution in [0.3, 0.4) is 0 Å². The van der Waals surface area contributed by atoms with Gasteiger partial charge in [0.1, 0.15) is 0 Å². The van der Waals surface area contributed by atoms with Crippen LogP contribution < -0.4 is 0 Å². The van der Waals surface area contributed by atoms with E-state index in [0.717, 1.165) is 0 Å². The highest BCUT2D eigenvalue weighted by Crippen LogP contribution is 2.03. The normalized spacial score (nSPS) is 8.86. The number of hydrogen-bond acceptors (Lipinski definition) is 3. The molecule has 0 aliphatic heterocycles.